The van der Waals surface area contributed by atoms with Crippen molar-refractivity contribution in [3.63, 3.8) is 0 Å². The van der Waals surface area contributed by atoms with Gasteiger partial charge in [0.05, 0.1) is 5.69 Å². The Bertz CT molecular complexity index is 438. The van der Waals surface area contributed by atoms with E-state index in [1.165, 1.54) is 6.07 Å². The molecule has 0 fully saturated rings. The smallest absolute Gasteiger partial charge is 0.315 e. The Morgan fingerprint density at radius 1 is 1.35 bits per heavy atom. The fraction of sp³-hybridized carbons (Fsp3) is 0.500. The average molecular weight is 283 g/mol. The van der Waals surface area contributed by atoms with Crippen molar-refractivity contribution in [1.29, 1.82) is 0 Å². The molecule has 0 spiro atoms. The highest BCUT2D eigenvalue weighted by Gasteiger charge is 2.06. The number of nitrogens with one attached hydrogen (secondary N) is 2. The van der Waals surface area contributed by atoms with Crippen LogP contribution in [0.2, 0.25) is 0 Å². The maximum atomic E-state index is 13.7. The van der Waals surface area contributed by atoms with Gasteiger partial charge in [-0.2, -0.15) is 0 Å². The van der Waals surface area contributed by atoms with E-state index in [1.807, 2.05) is 0 Å². The van der Waals surface area contributed by atoms with Crippen molar-refractivity contribution in [3.8, 4) is 0 Å². The summed E-state index contributed by atoms with van der Waals surface area (Å²) in [5, 5.41) is 5.38. The zero-order valence-electron chi connectivity index (χ0n) is 12.2. The molecule has 0 saturated carbocycles. The number of carbonyl (C=O) groups excluding carboxylic acids is 1. The molecule has 0 atom stereocenters. The number of rotatable bonds is 7. The van der Waals surface area contributed by atoms with Crippen LogP contribution in [0, 0.1) is 5.82 Å². The lowest BCUT2D eigenvalue weighted by molar-refractivity contribution is 0.193. The Morgan fingerprint density at radius 2 is 2.10 bits per heavy atom. The van der Waals surface area contributed by atoms with Crippen LogP contribution in [0.1, 0.15) is 12.0 Å². The van der Waals surface area contributed by atoms with E-state index in [4.69, 9.17) is 4.74 Å². The van der Waals surface area contributed by atoms with E-state index in [-0.39, 0.29) is 11.8 Å². The second-order valence-electron chi connectivity index (χ2n) is 4.64. The lowest BCUT2D eigenvalue weighted by atomic mass is 10.2. The molecular formula is C14H22FN3O2. The van der Waals surface area contributed by atoms with Gasteiger partial charge in [0.1, 0.15) is 5.82 Å². The molecule has 0 aliphatic heterocycles. The van der Waals surface area contributed by atoms with E-state index in [2.05, 4.69) is 10.6 Å². The van der Waals surface area contributed by atoms with Gasteiger partial charge in [-0.1, -0.05) is 6.07 Å². The van der Waals surface area contributed by atoms with Crippen LogP contribution in [0.5, 0.6) is 0 Å². The molecule has 0 heterocycles. The maximum absolute atomic E-state index is 13.7. The molecular weight excluding hydrogens is 261 g/mol. The summed E-state index contributed by atoms with van der Waals surface area (Å²) in [5.74, 6) is -0.296. The van der Waals surface area contributed by atoms with Gasteiger partial charge in [-0.05, 0) is 24.1 Å². The summed E-state index contributed by atoms with van der Waals surface area (Å²) >= 11 is 0. The molecule has 112 valence electrons. The number of amides is 2. The van der Waals surface area contributed by atoms with Crippen molar-refractivity contribution in [2.45, 2.75) is 13.0 Å². The number of methoxy groups -OCH3 is 1. The topological polar surface area (TPSA) is 53.6 Å². The highest BCUT2D eigenvalue weighted by Crippen LogP contribution is 2.17. The van der Waals surface area contributed by atoms with Gasteiger partial charge in [0, 0.05) is 40.9 Å². The van der Waals surface area contributed by atoms with Crippen molar-refractivity contribution in [3.05, 3.63) is 29.6 Å². The second kappa shape index (κ2) is 8.37. The SMILES string of the molecule is COCCCNC(=O)NCc1ccc(N(C)C)c(F)c1. The third-order valence-electron chi connectivity index (χ3n) is 2.76. The summed E-state index contributed by atoms with van der Waals surface area (Å²) < 4.78 is 18.6. The summed E-state index contributed by atoms with van der Waals surface area (Å²) in [6.07, 6.45) is 0.760. The first-order valence-electron chi connectivity index (χ1n) is 6.51. The predicted molar refractivity (Wildman–Crippen MR) is 77.5 cm³/mol. The summed E-state index contributed by atoms with van der Waals surface area (Å²) in [4.78, 5) is 13.2. The number of hydrogen-bond acceptors (Lipinski definition) is 3. The van der Waals surface area contributed by atoms with Gasteiger partial charge in [0.15, 0.2) is 0 Å². The zero-order chi connectivity index (χ0) is 15.0. The monoisotopic (exact) mass is 283 g/mol. The largest absolute Gasteiger partial charge is 0.385 e. The number of hydrogen-bond donors (Lipinski definition) is 2. The minimum atomic E-state index is -0.296. The quantitative estimate of drug-likeness (QED) is 0.749. The number of nitrogens with zero attached hydrogens (tertiary/aromatic N) is 1. The molecule has 20 heavy (non-hydrogen) atoms. The highest BCUT2D eigenvalue weighted by molar-refractivity contribution is 5.73. The molecule has 0 saturated heterocycles. The minimum Gasteiger partial charge on any atom is -0.385 e. The van der Waals surface area contributed by atoms with E-state index >= 15 is 0 Å². The van der Waals surface area contributed by atoms with E-state index in [0.29, 0.717) is 25.4 Å². The van der Waals surface area contributed by atoms with Gasteiger partial charge >= 0.3 is 6.03 Å². The van der Waals surface area contributed by atoms with Crippen molar-refractivity contribution >= 4 is 11.7 Å². The molecule has 0 radical (unpaired) electrons. The maximum Gasteiger partial charge on any atom is 0.315 e. The number of halogens is 1. The Kier molecular flexibility index (Phi) is 6.79. The molecule has 0 aliphatic rings. The highest BCUT2D eigenvalue weighted by atomic mass is 19.1. The number of anilines is 1. The van der Waals surface area contributed by atoms with E-state index in [0.717, 1.165) is 12.0 Å². The summed E-state index contributed by atoms with van der Waals surface area (Å²) in [5.41, 5.74) is 1.25. The van der Waals surface area contributed by atoms with Gasteiger partial charge in [0.25, 0.3) is 0 Å². The van der Waals surface area contributed by atoms with Crippen LogP contribution in [0.3, 0.4) is 0 Å². The van der Waals surface area contributed by atoms with Crippen LogP contribution < -0.4 is 15.5 Å². The molecule has 0 unspecified atom stereocenters. The van der Waals surface area contributed by atoms with E-state index < -0.39 is 0 Å². The standard InChI is InChI=1S/C14H22FN3O2/c1-18(2)13-6-5-11(9-12(13)15)10-17-14(19)16-7-4-8-20-3/h5-6,9H,4,7-8,10H2,1-3H3,(H2,16,17,19). The first kappa shape index (κ1) is 16.2. The summed E-state index contributed by atoms with van der Waals surface area (Å²) in [7, 11) is 5.18. The lowest BCUT2D eigenvalue weighted by Gasteiger charge is -2.14. The van der Waals surface area contributed by atoms with Crippen LogP contribution in [0.25, 0.3) is 0 Å². The Labute approximate surface area is 119 Å². The number of carbonyl (C=O) groups is 1. The number of benzene rings is 1. The summed E-state index contributed by atoms with van der Waals surface area (Å²) in [6.45, 7) is 1.45. The zero-order valence-corrected chi connectivity index (χ0v) is 12.2. The summed E-state index contributed by atoms with van der Waals surface area (Å²) in [6, 6.07) is 4.66. The van der Waals surface area contributed by atoms with Crippen molar-refractivity contribution < 1.29 is 13.9 Å². The first-order valence-corrected chi connectivity index (χ1v) is 6.51. The van der Waals surface area contributed by atoms with Gasteiger partial charge in [0.2, 0.25) is 0 Å². The predicted octanol–water partition coefficient (Wildman–Crippen LogP) is 1.73. The normalized spacial score (nSPS) is 10.2. The Morgan fingerprint density at radius 3 is 2.70 bits per heavy atom. The number of ether oxygens (including phenoxy) is 1. The van der Waals surface area contributed by atoms with Crippen molar-refractivity contribution in [1.82, 2.24) is 10.6 Å². The number of urea groups is 1. The third kappa shape index (κ3) is 5.44. The fourth-order valence-electron chi connectivity index (χ4n) is 1.69. The van der Waals surface area contributed by atoms with Crippen LogP contribution in [-0.2, 0) is 11.3 Å². The molecule has 0 bridgehead atoms. The van der Waals surface area contributed by atoms with Gasteiger partial charge in [-0.15, -0.1) is 0 Å². The molecule has 0 aromatic heterocycles. The van der Waals surface area contributed by atoms with Crippen LogP contribution in [0.15, 0.2) is 18.2 Å². The van der Waals surface area contributed by atoms with Gasteiger partial charge < -0.3 is 20.3 Å². The molecule has 6 heteroatoms. The molecule has 2 N–H and O–H groups in total. The fourth-order valence-corrected chi connectivity index (χ4v) is 1.69. The van der Waals surface area contributed by atoms with E-state index in [1.54, 1.807) is 38.2 Å². The minimum absolute atomic E-state index is 0.266. The van der Waals surface area contributed by atoms with Gasteiger partial charge in [-0.3, -0.25) is 0 Å². The molecule has 5 nitrogen and oxygen atoms in total. The Balaban J connectivity index is 2.38. The van der Waals surface area contributed by atoms with Crippen molar-refractivity contribution in [2.24, 2.45) is 0 Å². The first-order chi connectivity index (χ1) is 9.54. The molecule has 0 aliphatic carbocycles. The van der Waals surface area contributed by atoms with Crippen LogP contribution in [-0.4, -0.2) is 40.4 Å². The van der Waals surface area contributed by atoms with Gasteiger partial charge in [-0.25, -0.2) is 9.18 Å². The van der Waals surface area contributed by atoms with Crippen molar-refractivity contribution in [2.75, 3.05) is 39.3 Å². The lowest BCUT2D eigenvalue weighted by Crippen LogP contribution is -2.35. The molecule has 1 aromatic carbocycles. The second-order valence-corrected chi connectivity index (χ2v) is 4.64. The Hall–Kier alpha value is -1.82. The molecule has 1 aromatic rings. The van der Waals surface area contributed by atoms with Crippen LogP contribution in [0.4, 0.5) is 14.9 Å². The van der Waals surface area contributed by atoms with E-state index in [9.17, 15) is 9.18 Å². The van der Waals surface area contributed by atoms with Crippen LogP contribution >= 0.6 is 0 Å². The average Bonchev–Trinajstić information content (AvgIpc) is 2.41. The molecule has 2 amide bonds. The molecule has 1 rings (SSSR count). The third-order valence-corrected chi connectivity index (χ3v) is 2.76.